The Morgan fingerprint density at radius 2 is 1.95 bits per heavy atom. The fourth-order valence-electron chi connectivity index (χ4n) is 1.99. The van der Waals surface area contributed by atoms with Crippen LogP contribution in [0.15, 0.2) is 45.8 Å². The second-order valence-electron chi connectivity index (χ2n) is 4.65. The van der Waals surface area contributed by atoms with Crippen molar-refractivity contribution in [1.29, 1.82) is 0 Å². The molecule has 0 fully saturated rings. The molecule has 112 valence electrons. The standard InChI is InChI=1S/C15H18N2O3S/c1-12-15(13(2)20-17-12)21(18,19)16-11-7-6-10-14-8-4-3-5-9-14/h3-6,8-10,16H,7,11H2,1-2H3/b10-6+. The summed E-state index contributed by atoms with van der Waals surface area (Å²) in [7, 11) is -3.56. The van der Waals surface area contributed by atoms with Gasteiger partial charge in [-0.1, -0.05) is 47.6 Å². The molecule has 0 radical (unpaired) electrons. The number of hydrogen-bond donors (Lipinski definition) is 1. The van der Waals surface area contributed by atoms with Gasteiger partial charge in [0.1, 0.15) is 10.6 Å². The zero-order valence-electron chi connectivity index (χ0n) is 12.0. The van der Waals surface area contributed by atoms with E-state index in [1.165, 1.54) is 0 Å². The van der Waals surface area contributed by atoms with Crippen molar-refractivity contribution in [3.8, 4) is 0 Å². The van der Waals surface area contributed by atoms with Gasteiger partial charge in [-0.2, -0.15) is 0 Å². The van der Waals surface area contributed by atoms with E-state index in [2.05, 4.69) is 9.88 Å². The Kier molecular flexibility index (Phi) is 4.93. The minimum Gasteiger partial charge on any atom is -0.360 e. The van der Waals surface area contributed by atoms with Gasteiger partial charge in [-0.15, -0.1) is 0 Å². The Labute approximate surface area is 124 Å². The summed E-state index contributed by atoms with van der Waals surface area (Å²) in [5, 5.41) is 3.66. The van der Waals surface area contributed by atoms with E-state index in [0.717, 1.165) is 5.56 Å². The maximum atomic E-state index is 12.1. The number of benzene rings is 1. The molecule has 0 atom stereocenters. The van der Waals surface area contributed by atoms with Gasteiger partial charge >= 0.3 is 0 Å². The summed E-state index contributed by atoms with van der Waals surface area (Å²) in [6, 6.07) is 9.85. The Morgan fingerprint density at radius 1 is 1.24 bits per heavy atom. The highest BCUT2D eigenvalue weighted by Gasteiger charge is 2.23. The molecule has 1 N–H and O–H groups in total. The zero-order valence-corrected chi connectivity index (χ0v) is 12.9. The van der Waals surface area contributed by atoms with Crippen LogP contribution < -0.4 is 4.72 Å². The topological polar surface area (TPSA) is 72.2 Å². The lowest BCUT2D eigenvalue weighted by Crippen LogP contribution is -2.25. The summed E-state index contributed by atoms with van der Waals surface area (Å²) in [6.07, 6.45) is 4.51. The van der Waals surface area contributed by atoms with Gasteiger partial charge in [0.15, 0.2) is 5.76 Å². The zero-order chi connectivity index (χ0) is 15.3. The highest BCUT2D eigenvalue weighted by Crippen LogP contribution is 2.18. The molecular formula is C15H18N2O3S. The summed E-state index contributed by atoms with van der Waals surface area (Å²) in [5.41, 5.74) is 1.46. The first-order chi connectivity index (χ1) is 10.0. The molecule has 1 aromatic carbocycles. The summed E-state index contributed by atoms with van der Waals surface area (Å²) in [6.45, 7) is 3.53. The van der Waals surface area contributed by atoms with Crippen LogP contribution in [0.25, 0.3) is 6.08 Å². The lowest BCUT2D eigenvalue weighted by molar-refractivity contribution is 0.390. The number of nitrogens with zero attached hydrogens (tertiary/aromatic N) is 1. The van der Waals surface area contributed by atoms with E-state index in [9.17, 15) is 8.42 Å². The minimum atomic E-state index is -3.56. The molecule has 0 aliphatic rings. The molecule has 0 saturated heterocycles. The van der Waals surface area contributed by atoms with Gasteiger partial charge in [0.05, 0.1) is 0 Å². The second kappa shape index (κ2) is 6.69. The first-order valence-corrected chi connectivity index (χ1v) is 8.13. The van der Waals surface area contributed by atoms with Gasteiger partial charge in [0, 0.05) is 6.54 Å². The summed E-state index contributed by atoms with van der Waals surface area (Å²) < 4.78 is 31.7. The van der Waals surface area contributed by atoms with E-state index in [1.54, 1.807) is 13.8 Å². The highest BCUT2D eigenvalue weighted by molar-refractivity contribution is 7.89. The third-order valence-corrected chi connectivity index (χ3v) is 4.65. The Bertz CT molecular complexity index is 699. The molecule has 21 heavy (non-hydrogen) atoms. The van der Waals surface area contributed by atoms with E-state index in [4.69, 9.17) is 4.52 Å². The van der Waals surface area contributed by atoms with Crippen LogP contribution in [0.2, 0.25) is 0 Å². The average molecular weight is 306 g/mol. The molecule has 0 saturated carbocycles. The van der Waals surface area contributed by atoms with Crippen molar-refractivity contribution in [2.75, 3.05) is 6.54 Å². The van der Waals surface area contributed by atoms with Crippen LogP contribution in [-0.2, 0) is 10.0 Å². The molecule has 0 bridgehead atoms. The quantitative estimate of drug-likeness (QED) is 0.833. The Morgan fingerprint density at radius 3 is 2.57 bits per heavy atom. The van der Waals surface area contributed by atoms with Gasteiger partial charge in [-0.05, 0) is 25.8 Å². The van der Waals surface area contributed by atoms with Crippen molar-refractivity contribution in [3.05, 3.63) is 53.4 Å². The van der Waals surface area contributed by atoms with Crippen molar-refractivity contribution >= 4 is 16.1 Å². The molecule has 0 aliphatic heterocycles. The third-order valence-electron chi connectivity index (χ3n) is 2.95. The van der Waals surface area contributed by atoms with Crippen LogP contribution >= 0.6 is 0 Å². The predicted octanol–water partition coefficient (Wildman–Crippen LogP) is 2.67. The van der Waals surface area contributed by atoms with Crippen LogP contribution in [0.3, 0.4) is 0 Å². The lowest BCUT2D eigenvalue weighted by atomic mass is 10.2. The first-order valence-electron chi connectivity index (χ1n) is 6.65. The summed E-state index contributed by atoms with van der Waals surface area (Å²) >= 11 is 0. The molecular weight excluding hydrogens is 288 g/mol. The van der Waals surface area contributed by atoms with E-state index in [1.807, 2.05) is 42.5 Å². The number of sulfonamides is 1. The smallest absolute Gasteiger partial charge is 0.245 e. The van der Waals surface area contributed by atoms with E-state index < -0.39 is 10.0 Å². The van der Waals surface area contributed by atoms with Crippen molar-refractivity contribution in [2.45, 2.75) is 25.2 Å². The molecule has 0 aliphatic carbocycles. The third kappa shape index (κ3) is 4.03. The number of hydrogen-bond acceptors (Lipinski definition) is 4. The number of rotatable bonds is 6. The SMILES string of the molecule is Cc1noc(C)c1S(=O)(=O)NCC/C=C/c1ccccc1. The Balaban J connectivity index is 1.90. The maximum absolute atomic E-state index is 12.1. The molecule has 1 aromatic heterocycles. The van der Waals surface area contributed by atoms with Crippen LogP contribution in [0.5, 0.6) is 0 Å². The molecule has 0 spiro atoms. The first kappa shape index (κ1) is 15.5. The van der Waals surface area contributed by atoms with Crippen molar-refractivity contribution in [3.63, 3.8) is 0 Å². The summed E-state index contributed by atoms with van der Waals surface area (Å²) in [4.78, 5) is 0.134. The van der Waals surface area contributed by atoms with Crippen molar-refractivity contribution < 1.29 is 12.9 Å². The number of aromatic nitrogens is 1. The second-order valence-corrected chi connectivity index (χ2v) is 6.36. The molecule has 2 aromatic rings. The predicted molar refractivity (Wildman–Crippen MR) is 81.3 cm³/mol. The van der Waals surface area contributed by atoms with Gasteiger partial charge in [-0.25, -0.2) is 13.1 Å². The molecule has 5 nitrogen and oxygen atoms in total. The number of nitrogens with one attached hydrogen (secondary N) is 1. The molecule has 2 rings (SSSR count). The van der Waals surface area contributed by atoms with Crippen LogP contribution in [0.1, 0.15) is 23.4 Å². The van der Waals surface area contributed by atoms with Crippen molar-refractivity contribution in [1.82, 2.24) is 9.88 Å². The maximum Gasteiger partial charge on any atom is 0.245 e. The molecule has 0 unspecified atom stereocenters. The van der Waals surface area contributed by atoms with E-state index in [-0.39, 0.29) is 4.90 Å². The van der Waals surface area contributed by atoms with E-state index >= 15 is 0 Å². The van der Waals surface area contributed by atoms with Crippen LogP contribution in [0, 0.1) is 13.8 Å². The van der Waals surface area contributed by atoms with Crippen LogP contribution in [0.4, 0.5) is 0 Å². The lowest BCUT2D eigenvalue weighted by Gasteiger charge is -2.04. The minimum absolute atomic E-state index is 0.134. The van der Waals surface area contributed by atoms with Gasteiger partial charge < -0.3 is 4.52 Å². The van der Waals surface area contributed by atoms with Crippen molar-refractivity contribution in [2.24, 2.45) is 0 Å². The fourth-order valence-corrected chi connectivity index (χ4v) is 3.36. The molecule has 0 amide bonds. The van der Waals surface area contributed by atoms with Gasteiger partial charge in [-0.3, -0.25) is 0 Å². The highest BCUT2D eigenvalue weighted by atomic mass is 32.2. The van der Waals surface area contributed by atoms with Gasteiger partial charge in [0.2, 0.25) is 10.0 Å². The Hall–Kier alpha value is -1.92. The van der Waals surface area contributed by atoms with Gasteiger partial charge in [0.25, 0.3) is 0 Å². The average Bonchev–Trinajstić information content (AvgIpc) is 2.79. The largest absolute Gasteiger partial charge is 0.360 e. The molecule has 1 heterocycles. The molecule has 6 heteroatoms. The van der Waals surface area contributed by atoms with Crippen LogP contribution in [-0.4, -0.2) is 20.1 Å². The number of aryl methyl sites for hydroxylation is 2. The fraction of sp³-hybridized carbons (Fsp3) is 0.267. The summed E-state index contributed by atoms with van der Waals surface area (Å²) in [5.74, 6) is 0.305. The van der Waals surface area contributed by atoms with E-state index in [0.29, 0.717) is 24.4 Å². The monoisotopic (exact) mass is 306 g/mol. The normalized spacial score (nSPS) is 12.1.